The highest BCUT2D eigenvalue weighted by Crippen LogP contribution is 2.27. The summed E-state index contributed by atoms with van der Waals surface area (Å²) in [4.78, 5) is 3.18. The molecule has 0 N–H and O–H groups in total. The first-order valence-corrected chi connectivity index (χ1v) is 4.55. The molecule has 0 aliphatic heterocycles. The van der Waals surface area contributed by atoms with E-state index in [1.54, 1.807) is 9.59 Å². The number of hydrogen-bond acceptors (Lipinski definition) is 4. The fraction of sp³-hybridized carbons (Fsp3) is 0.500. The Morgan fingerprint density at radius 3 is 1.64 bits per heavy atom. The second-order valence-corrected chi connectivity index (χ2v) is 3.47. The van der Waals surface area contributed by atoms with Crippen LogP contribution in [0.15, 0.2) is 0 Å². The summed E-state index contributed by atoms with van der Waals surface area (Å²) in [5, 5.41) is 17.2. The Morgan fingerprint density at radius 1 is 0.786 bits per heavy atom. The number of aromatic nitrogens is 6. The van der Waals surface area contributed by atoms with E-state index < -0.39 is 0 Å². The average Bonchev–Trinajstić information content (AvgIpc) is 2.65. The van der Waals surface area contributed by atoms with Gasteiger partial charge >= 0.3 is 0 Å². The number of aryl methyl sites for hydroxylation is 4. The Kier molecular flexibility index (Phi) is 1.31. The lowest BCUT2D eigenvalue weighted by atomic mass is 10.0. The van der Waals surface area contributed by atoms with Crippen molar-refractivity contribution in [2.45, 2.75) is 12.8 Å². The second-order valence-electron chi connectivity index (χ2n) is 3.47. The molecule has 0 saturated heterocycles. The molecule has 3 rings (SSSR count). The molecular weight excluding hydrogens is 180 g/mol. The van der Waals surface area contributed by atoms with Gasteiger partial charge in [-0.3, -0.25) is 0 Å². The van der Waals surface area contributed by atoms with Crippen molar-refractivity contribution in [3.8, 4) is 11.4 Å². The zero-order valence-electron chi connectivity index (χ0n) is 8.10. The van der Waals surface area contributed by atoms with Gasteiger partial charge < -0.3 is 0 Å². The van der Waals surface area contributed by atoms with E-state index in [2.05, 4.69) is 20.4 Å². The van der Waals surface area contributed by atoms with Gasteiger partial charge in [-0.2, -0.15) is 30.0 Å². The second kappa shape index (κ2) is 2.40. The maximum Gasteiger partial charge on any atom is 0.138 e. The van der Waals surface area contributed by atoms with Crippen molar-refractivity contribution < 1.29 is 0 Å². The van der Waals surface area contributed by atoms with Crippen molar-refractivity contribution in [3.05, 3.63) is 11.4 Å². The molecular formula is C8H10N6. The van der Waals surface area contributed by atoms with Crippen LogP contribution in [0.1, 0.15) is 11.4 Å². The summed E-state index contributed by atoms with van der Waals surface area (Å²) in [6.07, 6.45) is 1.82. The molecule has 0 radical (unpaired) electrons. The van der Waals surface area contributed by atoms with Gasteiger partial charge in [0.15, 0.2) is 0 Å². The van der Waals surface area contributed by atoms with E-state index >= 15 is 0 Å². The third-order valence-corrected chi connectivity index (χ3v) is 2.39. The lowest BCUT2D eigenvalue weighted by molar-refractivity contribution is 0.633. The van der Waals surface area contributed by atoms with Crippen molar-refractivity contribution in [3.63, 3.8) is 0 Å². The van der Waals surface area contributed by atoms with E-state index in [1.165, 1.54) is 0 Å². The van der Waals surface area contributed by atoms with Gasteiger partial charge in [0.2, 0.25) is 0 Å². The SMILES string of the molecule is Cn1nc2c(n1)-c1nn(C)nc1CC2. The first kappa shape index (κ1) is 7.66. The van der Waals surface area contributed by atoms with E-state index in [0.717, 1.165) is 35.6 Å². The maximum absolute atomic E-state index is 4.30. The van der Waals surface area contributed by atoms with E-state index in [4.69, 9.17) is 0 Å². The smallest absolute Gasteiger partial charge is 0.138 e. The van der Waals surface area contributed by atoms with Crippen molar-refractivity contribution in [1.82, 2.24) is 30.0 Å². The van der Waals surface area contributed by atoms with Crippen LogP contribution < -0.4 is 0 Å². The molecule has 0 atom stereocenters. The summed E-state index contributed by atoms with van der Waals surface area (Å²) in [6.45, 7) is 0. The largest absolute Gasteiger partial charge is 0.187 e. The van der Waals surface area contributed by atoms with Gasteiger partial charge in [0, 0.05) is 14.1 Å². The van der Waals surface area contributed by atoms with E-state index in [9.17, 15) is 0 Å². The molecule has 0 saturated carbocycles. The molecule has 0 amide bonds. The third kappa shape index (κ3) is 0.905. The van der Waals surface area contributed by atoms with Crippen molar-refractivity contribution in [2.75, 3.05) is 0 Å². The third-order valence-electron chi connectivity index (χ3n) is 2.39. The standard InChI is InChI=1S/C8H10N6/c1-13-9-5-3-4-6-8(7(5)11-13)12-14(2)10-6/h3-4H2,1-2H3. The minimum absolute atomic E-state index is 0.891. The maximum atomic E-state index is 4.30. The highest BCUT2D eigenvalue weighted by Gasteiger charge is 2.24. The van der Waals surface area contributed by atoms with Crippen LogP contribution >= 0.6 is 0 Å². The van der Waals surface area contributed by atoms with E-state index in [1.807, 2.05) is 14.1 Å². The zero-order chi connectivity index (χ0) is 9.71. The molecule has 0 spiro atoms. The summed E-state index contributed by atoms with van der Waals surface area (Å²) in [5.41, 5.74) is 3.84. The molecule has 2 aromatic rings. The number of hydrogen-bond donors (Lipinski definition) is 0. The van der Waals surface area contributed by atoms with Crippen LogP contribution in [0.4, 0.5) is 0 Å². The molecule has 2 aromatic heterocycles. The van der Waals surface area contributed by atoms with Gasteiger partial charge in [0.25, 0.3) is 0 Å². The summed E-state index contributed by atoms with van der Waals surface area (Å²) in [5.74, 6) is 0. The predicted molar refractivity (Wildman–Crippen MR) is 48.4 cm³/mol. The van der Waals surface area contributed by atoms with Crippen molar-refractivity contribution in [1.29, 1.82) is 0 Å². The fourth-order valence-electron chi connectivity index (χ4n) is 1.84. The summed E-state index contributed by atoms with van der Waals surface area (Å²) < 4.78 is 0. The van der Waals surface area contributed by atoms with Crippen molar-refractivity contribution >= 4 is 0 Å². The van der Waals surface area contributed by atoms with Crippen LogP contribution in [0.2, 0.25) is 0 Å². The Morgan fingerprint density at radius 2 is 1.21 bits per heavy atom. The van der Waals surface area contributed by atoms with Gasteiger partial charge in [0.05, 0.1) is 11.4 Å². The first-order chi connectivity index (χ1) is 6.74. The highest BCUT2D eigenvalue weighted by atomic mass is 15.5. The summed E-state index contributed by atoms with van der Waals surface area (Å²) in [6, 6.07) is 0. The van der Waals surface area contributed by atoms with Gasteiger partial charge in [-0.25, -0.2) is 0 Å². The molecule has 0 unspecified atom stereocenters. The van der Waals surface area contributed by atoms with Crippen LogP contribution in [0.3, 0.4) is 0 Å². The Bertz CT molecular complexity index is 448. The number of fused-ring (bicyclic) bond motifs is 3. The molecule has 72 valence electrons. The molecule has 6 nitrogen and oxygen atoms in total. The summed E-state index contributed by atoms with van der Waals surface area (Å²) >= 11 is 0. The minimum atomic E-state index is 0.891. The Hall–Kier alpha value is -1.72. The Balaban J connectivity index is 2.27. The zero-order valence-corrected chi connectivity index (χ0v) is 8.10. The lowest BCUT2D eigenvalue weighted by Crippen LogP contribution is -2.02. The van der Waals surface area contributed by atoms with Gasteiger partial charge in [-0.05, 0) is 12.8 Å². The molecule has 1 aliphatic carbocycles. The van der Waals surface area contributed by atoms with Crippen LogP contribution in [-0.4, -0.2) is 30.0 Å². The quantitative estimate of drug-likeness (QED) is 0.572. The fourth-order valence-corrected chi connectivity index (χ4v) is 1.84. The molecule has 14 heavy (non-hydrogen) atoms. The molecule has 0 bridgehead atoms. The Labute approximate surface area is 80.5 Å². The molecule has 0 fully saturated rings. The lowest BCUT2D eigenvalue weighted by Gasteiger charge is -2.04. The number of rotatable bonds is 0. The monoisotopic (exact) mass is 190 g/mol. The highest BCUT2D eigenvalue weighted by molar-refractivity contribution is 5.61. The van der Waals surface area contributed by atoms with Crippen LogP contribution in [-0.2, 0) is 26.9 Å². The topological polar surface area (TPSA) is 61.4 Å². The van der Waals surface area contributed by atoms with Crippen LogP contribution in [0, 0.1) is 0 Å². The molecule has 6 heteroatoms. The van der Waals surface area contributed by atoms with E-state index in [-0.39, 0.29) is 0 Å². The summed E-state index contributed by atoms with van der Waals surface area (Å²) in [7, 11) is 3.66. The van der Waals surface area contributed by atoms with Crippen LogP contribution in [0.5, 0.6) is 0 Å². The predicted octanol–water partition coefficient (Wildman–Crippen LogP) is -0.291. The van der Waals surface area contributed by atoms with Gasteiger partial charge in [0.1, 0.15) is 11.4 Å². The normalized spacial score (nSPS) is 13.9. The average molecular weight is 190 g/mol. The van der Waals surface area contributed by atoms with Crippen molar-refractivity contribution in [2.24, 2.45) is 14.1 Å². The van der Waals surface area contributed by atoms with E-state index in [0.29, 0.717) is 0 Å². The number of nitrogens with zero attached hydrogens (tertiary/aromatic N) is 6. The van der Waals surface area contributed by atoms with Crippen LogP contribution in [0.25, 0.3) is 11.4 Å². The molecule has 0 aromatic carbocycles. The van der Waals surface area contributed by atoms with Gasteiger partial charge in [-0.15, -0.1) is 0 Å². The molecule has 1 aliphatic rings. The minimum Gasteiger partial charge on any atom is -0.187 e. The first-order valence-electron chi connectivity index (χ1n) is 4.55. The molecule has 2 heterocycles. The van der Waals surface area contributed by atoms with Gasteiger partial charge in [-0.1, -0.05) is 0 Å².